The highest BCUT2D eigenvalue weighted by molar-refractivity contribution is 7.92. The molecule has 174 valence electrons. The van der Waals surface area contributed by atoms with Crippen molar-refractivity contribution in [2.75, 3.05) is 29.8 Å². The average molecular weight is 460 g/mol. The van der Waals surface area contributed by atoms with Crippen LogP contribution in [0.15, 0.2) is 59.5 Å². The molecule has 0 radical (unpaired) electrons. The van der Waals surface area contributed by atoms with Gasteiger partial charge in [0.2, 0.25) is 5.91 Å². The van der Waals surface area contributed by atoms with Gasteiger partial charge in [0.25, 0.3) is 10.0 Å². The van der Waals surface area contributed by atoms with Crippen LogP contribution in [0.2, 0.25) is 0 Å². The Morgan fingerprint density at radius 2 is 1.69 bits per heavy atom. The van der Waals surface area contributed by atoms with Crippen molar-refractivity contribution in [2.45, 2.75) is 50.8 Å². The second-order valence-electron chi connectivity index (χ2n) is 8.73. The topological polar surface area (TPSA) is 79.0 Å². The SMILES string of the molecule is CC1CN(C(C(=O)Nc2cccc(S(=O)(=O)N(C)c3ccccc3)c2)C(C)C)CC(C)O1. The van der Waals surface area contributed by atoms with Crippen molar-refractivity contribution in [3.8, 4) is 0 Å². The third-order valence-electron chi connectivity index (χ3n) is 5.62. The van der Waals surface area contributed by atoms with Crippen LogP contribution in [0.4, 0.5) is 11.4 Å². The fraction of sp³-hybridized carbons (Fsp3) is 0.458. The first-order valence-electron chi connectivity index (χ1n) is 10.9. The summed E-state index contributed by atoms with van der Waals surface area (Å²) in [5.74, 6) is -0.0594. The molecule has 0 saturated carbocycles. The molecule has 1 saturated heterocycles. The van der Waals surface area contributed by atoms with Crippen LogP contribution in [0.5, 0.6) is 0 Å². The number of benzene rings is 2. The molecule has 0 aliphatic carbocycles. The number of carbonyl (C=O) groups excluding carboxylic acids is 1. The predicted molar refractivity (Wildman–Crippen MR) is 127 cm³/mol. The number of rotatable bonds is 7. The molecule has 1 N–H and O–H groups in total. The van der Waals surface area contributed by atoms with E-state index in [0.717, 1.165) is 0 Å². The van der Waals surface area contributed by atoms with Crippen molar-refractivity contribution >= 4 is 27.3 Å². The van der Waals surface area contributed by atoms with Crippen molar-refractivity contribution in [3.05, 3.63) is 54.6 Å². The third-order valence-corrected chi connectivity index (χ3v) is 7.40. The first-order chi connectivity index (χ1) is 15.1. The fourth-order valence-electron chi connectivity index (χ4n) is 4.22. The van der Waals surface area contributed by atoms with Crippen LogP contribution in [-0.2, 0) is 19.6 Å². The number of carbonyl (C=O) groups is 1. The number of morpholine rings is 1. The lowest BCUT2D eigenvalue weighted by Gasteiger charge is -2.41. The zero-order chi connectivity index (χ0) is 23.5. The highest BCUT2D eigenvalue weighted by Crippen LogP contribution is 2.25. The highest BCUT2D eigenvalue weighted by Gasteiger charge is 2.34. The molecule has 8 heteroatoms. The molecule has 0 spiro atoms. The average Bonchev–Trinajstić information content (AvgIpc) is 2.73. The van der Waals surface area contributed by atoms with Gasteiger partial charge >= 0.3 is 0 Å². The summed E-state index contributed by atoms with van der Waals surface area (Å²) in [6, 6.07) is 14.9. The largest absolute Gasteiger partial charge is 0.373 e. The molecular weight excluding hydrogens is 426 g/mol. The van der Waals surface area contributed by atoms with E-state index in [1.54, 1.807) is 36.4 Å². The van der Waals surface area contributed by atoms with E-state index in [0.29, 0.717) is 24.5 Å². The van der Waals surface area contributed by atoms with Crippen molar-refractivity contribution in [3.63, 3.8) is 0 Å². The Kier molecular flexibility index (Phi) is 7.59. The maximum absolute atomic E-state index is 13.2. The summed E-state index contributed by atoms with van der Waals surface area (Å²) in [4.78, 5) is 15.5. The summed E-state index contributed by atoms with van der Waals surface area (Å²) in [7, 11) is -2.25. The van der Waals surface area contributed by atoms with E-state index >= 15 is 0 Å². The molecule has 0 bridgehead atoms. The van der Waals surface area contributed by atoms with Gasteiger partial charge in [-0.1, -0.05) is 38.1 Å². The van der Waals surface area contributed by atoms with Gasteiger partial charge in [0, 0.05) is 25.8 Å². The molecular formula is C24H33N3O4S. The number of amides is 1. The van der Waals surface area contributed by atoms with E-state index in [2.05, 4.69) is 10.2 Å². The van der Waals surface area contributed by atoms with Crippen LogP contribution in [0, 0.1) is 5.92 Å². The lowest BCUT2D eigenvalue weighted by Crippen LogP contribution is -2.55. The molecule has 2 aromatic rings. The van der Waals surface area contributed by atoms with Gasteiger partial charge in [-0.05, 0) is 50.1 Å². The van der Waals surface area contributed by atoms with Crippen molar-refractivity contribution < 1.29 is 17.9 Å². The fourth-order valence-corrected chi connectivity index (χ4v) is 5.46. The van der Waals surface area contributed by atoms with Gasteiger partial charge in [0.15, 0.2) is 0 Å². The molecule has 1 amide bonds. The first kappa shape index (κ1) is 24.2. The minimum Gasteiger partial charge on any atom is -0.373 e. The Morgan fingerprint density at radius 1 is 1.06 bits per heavy atom. The number of hydrogen-bond donors (Lipinski definition) is 1. The Bertz CT molecular complexity index is 1020. The minimum absolute atomic E-state index is 0.0507. The zero-order valence-electron chi connectivity index (χ0n) is 19.4. The Morgan fingerprint density at radius 3 is 2.28 bits per heavy atom. The summed E-state index contributed by atoms with van der Waals surface area (Å²) < 4.78 is 33.3. The van der Waals surface area contributed by atoms with Crippen LogP contribution < -0.4 is 9.62 Å². The molecule has 1 fully saturated rings. The number of anilines is 2. The van der Waals surface area contributed by atoms with Gasteiger partial charge in [-0.2, -0.15) is 0 Å². The summed E-state index contributed by atoms with van der Waals surface area (Å²) >= 11 is 0. The summed E-state index contributed by atoms with van der Waals surface area (Å²) in [5, 5.41) is 2.94. The standard InChI is InChI=1S/C24H33N3O4S/c1-17(2)23(27-15-18(3)31-19(4)16-27)24(28)25-20-10-9-13-22(14-20)32(29,30)26(5)21-11-7-6-8-12-21/h6-14,17-19,23H,15-16H2,1-5H3,(H,25,28). The van der Waals surface area contributed by atoms with Gasteiger partial charge in [0.1, 0.15) is 0 Å². The van der Waals surface area contributed by atoms with Crippen LogP contribution in [0.25, 0.3) is 0 Å². The molecule has 2 aromatic carbocycles. The highest BCUT2D eigenvalue weighted by atomic mass is 32.2. The molecule has 32 heavy (non-hydrogen) atoms. The lowest BCUT2D eigenvalue weighted by molar-refractivity contribution is -0.130. The van der Waals surface area contributed by atoms with E-state index in [1.165, 1.54) is 23.5 Å². The van der Waals surface area contributed by atoms with Crippen molar-refractivity contribution in [1.82, 2.24) is 4.90 Å². The molecule has 3 atom stereocenters. The summed E-state index contributed by atoms with van der Waals surface area (Å²) in [6.07, 6.45) is 0.101. The molecule has 1 aliphatic heterocycles. The van der Waals surface area contributed by atoms with E-state index < -0.39 is 10.0 Å². The molecule has 3 unspecified atom stereocenters. The van der Waals surface area contributed by atoms with E-state index in [9.17, 15) is 13.2 Å². The Balaban J connectivity index is 1.80. The van der Waals surface area contributed by atoms with Crippen molar-refractivity contribution in [2.24, 2.45) is 5.92 Å². The molecule has 7 nitrogen and oxygen atoms in total. The second kappa shape index (κ2) is 10.0. The maximum atomic E-state index is 13.2. The number of nitrogens with zero attached hydrogens (tertiary/aromatic N) is 2. The Hall–Kier alpha value is -2.42. The van der Waals surface area contributed by atoms with Crippen LogP contribution in [0.3, 0.4) is 0 Å². The van der Waals surface area contributed by atoms with Crippen LogP contribution in [-0.4, -0.2) is 57.6 Å². The maximum Gasteiger partial charge on any atom is 0.264 e. The monoisotopic (exact) mass is 459 g/mol. The lowest BCUT2D eigenvalue weighted by atomic mass is 9.99. The first-order valence-corrected chi connectivity index (χ1v) is 12.4. The zero-order valence-corrected chi connectivity index (χ0v) is 20.2. The van der Waals surface area contributed by atoms with Gasteiger partial charge < -0.3 is 10.1 Å². The Labute approximate surface area is 191 Å². The van der Waals surface area contributed by atoms with E-state index in [-0.39, 0.29) is 35.0 Å². The molecule has 1 heterocycles. The number of para-hydroxylation sites is 1. The van der Waals surface area contributed by atoms with Gasteiger partial charge in [-0.3, -0.25) is 14.0 Å². The van der Waals surface area contributed by atoms with Gasteiger partial charge in [0.05, 0.1) is 28.8 Å². The normalized spacial score (nSPS) is 20.7. The number of hydrogen-bond acceptors (Lipinski definition) is 5. The number of sulfonamides is 1. The minimum atomic E-state index is -3.77. The third kappa shape index (κ3) is 5.49. The molecule has 1 aliphatic rings. The van der Waals surface area contributed by atoms with Crippen molar-refractivity contribution in [1.29, 1.82) is 0 Å². The number of nitrogens with one attached hydrogen (secondary N) is 1. The molecule has 0 aromatic heterocycles. The second-order valence-corrected chi connectivity index (χ2v) is 10.7. The van der Waals surface area contributed by atoms with Crippen LogP contribution >= 0.6 is 0 Å². The van der Waals surface area contributed by atoms with Gasteiger partial charge in [-0.15, -0.1) is 0 Å². The molecule has 3 rings (SSSR count). The summed E-state index contributed by atoms with van der Waals surface area (Å²) in [6.45, 7) is 9.41. The van der Waals surface area contributed by atoms with Gasteiger partial charge in [-0.25, -0.2) is 8.42 Å². The van der Waals surface area contributed by atoms with Crippen LogP contribution in [0.1, 0.15) is 27.7 Å². The number of ether oxygens (including phenoxy) is 1. The quantitative estimate of drug-likeness (QED) is 0.685. The van der Waals surface area contributed by atoms with E-state index in [4.69, 9.17) is 4.74 Å². The smallest absolute Gasteiger partial charge is 0.264 e. The summed E-state index contributed by atoms with van der Waals surface area (Å²) in [5.41, 5.74) is 1.02. The predicted octanol–water partition coefficient (Wildman–Crippen LogP) is 3.58. The van der Waals surface area contributed by atoms with E-state index in [1.807, 2.05) is 33.8 Å².